The van der Waals surface area contributed by atoms with Crippen molar-refractivity contribution in [2.24, 2.45) is 0 Å². The molecule has 0 unspecified atom stereocenters. The Bertz CT molecular complexity index is 525. The van der Waals surface area contributed by atoms with Gasteiger partial charge in [0.2, 0.25) is 0 Å². The molecule has 0 saturated heterocycles. The summed E-state index contributed by atoms with van der Waals surface area (Å²) in [6.07, 6.45) is 2.81. The summed E-state index contributed by atoms with van der Waals surface area (Å²) in [7, 11) is 0. The second kappa shape index (κ2) is 5.48. The van der Waals surface area contributed by atoms with Gasteiger partial charge in [-0.05, 0) is 29.5 Å². The van der Waals surface area contributed by atoms with Crippen molar-refractivity contribution in [1.29, 1.82) is 0 Å². The molecule has 0 atom stereocenters. The number of rotatable bonds is 3. The minimum absolute atomic E-state index is 0.778. The molecule has 2 N–H and O–H groups in total. The van der Waals surface area contributed by atoms with Gasteiger partial charge < -0.3 is 5.73 Å². The third-order valence-corrected chi connectivity index (χ3v) is 3.88. The number of thioether (sulfide) groups is 1. The Labute approximate surface area is 111 Å². The Hall–Kier alpha value is -1.12. The van der Waals surface area contributed by atoms with E-state index >= 15 is 0 Å². The second-order valence-corrected chi connectivity index (χ2v) is 5.06. The van der Waals surface area contributed by atoms with Gasteiger partial charge in [0.05, 0.1) is 0 Å². The molecule has 2 aromatic carbocycles. The SMILES string of the molecule is CSc1cccc(Cc2ccccc2Cl)c1N. The molecule has 0 aliphatic rings. The van der Waals surface area contributed by atoms with Gasteiger partial charge in [-0.3, -0.25) is 0 Å². The summed E-state index contributed by atoms with van der Waals surface area (Å²) in [6.45, 7) is 0. The van der Waals surface area contributed by atoms with Crippen molar-refractivity contribution in [1.82, 2.24) is 0 Å². The minimum atomic E-state index is 0.778. The number of benzene rings is 2. The zero-order valence-corrected chi connectivity index (χ0v) is 11.2. The number of para-hydroxylation sites is 1. The van der Waals surface area contributed by atoms with Crippen LogP contribution in [-0.4, -0.2) is 6.26 Å². The lowest BCUT2D eigenvalue weighted by Crippen LogP contribution is -1.98. The van der Waals surface area contributed by atoms with Crippen molar-refractivity contribution in [2.45, 2.75) is 11.3 Å². The highest BCUT2D eigenvalue weighted by molar-refractivity contribution is 7.98. The smallest absolute Gasteiger partial charge is 0.0488 e. The van der Waals surface area contributed by atoms with E-state index in [9.17, 15) is 0 Å². The number of nitrogens with two attached hydrogens (primary N) is 1. The zero-order valence-electron chi connectivity index (χ0n) is 9.61. The van der Waals surface area contributed by atoms with E-state index in [1.807, 2.05) is 42.7 Å². The number of nitrogen functional groups attached to an aromatic ring is 1. The number of anilines is 1. The molecule has 1 nitrogen and oxygen atoms in total. The maximum atomic E-state index is 6.15. The summed E-state index contributed by atoms with van der Waals surface area (Å²) < 4.78 is 0. The maximum Gasteiger partial charge on any atom is 0.0488 e. The molecule has 17 heavy (non-hydrogen) atoms. The van der Waals surface area contributed by atoms with Crippen molar-refractivity contribution in [3.63, 3.8) is 0 Å². The first-order valence-electron chi connectivity index (χ1n) is 5.37. The summed E-state index contributed by atoms with van der Waals surface area (Å²) in [5.41, 5.74) is 9.23. The Balaban J connectivity index is 2.34. The average Bonchev–Trinajstić information content (AvgIpc) is 2.34. The molecule has 0 amide bonds. The molecule has 0 aromatic heterocycles. The van der Waals surface area contributed by atoms with Crippen molar-refractivity contribution < 1.29 is 0 Å². The highest BCUT2D eigenvalue weighted by Crippen LogP contribution is 2.28. The first kappa shape index (κ1) is 12.3. The summed E-state index contributed by atoms with van der Waals surface area (Å²) in [5, 5.41) is 0.793. The van der Waals surface area contributed by atoms with Crippen molar-refractivity contribution in [2.75, 3.05) is 12.0 Å². The summed E-state index contributed by atoms with van der Waals surface area (Å²) in [4.78, 5) is 1.12. The Morgan fingerprint density at radius 1 is 1.06 bits per heavy atom. The van der Waals surface area contributed by atoms with Crippen molar-refractivity contribution >= 4 is 29.1 Å². The fourth-order valence-electron chi connectivity index (χ4n) is 1.77. The predicted octanol–water partition coefficient (Wildman–Crippen LogP) is 4.23. The van der Waals surface area contributed by atoms with E-state index in [4.69, 9.17) is 17.3 Å². The van der Waals surface area contributed by atoms with E-state index in [1.54, 1.807) is 11.8 Å². The van der Waals surface area contributed by atoms with E-state index in [2.05, 4.69) is 6.07 Å². The van der Waals surface area contributed by atoms with E-state index in [-0.39, 0.29) is 0 Å². The number of hydrogen-bond acceptors (Lipinski definition) is 2. The molecule has 0 aliphatic heterocycles. The van der Waals surface area contributed by atoms with Gasteiger partial charge in [-0.25, -0.2) is 0 Å². The summed E-state index contributed by atoms with van der Waals surface area (Å²) in [6, 6.07) is 14.0. The van der Waals surface area contributed by atoms with Crippen LogP contribution in [0.3, 0.4) is 0 Å². The first-order chi connectivity index (χ1) is 8.22. The van der Waals surface area contributed by atoms with Crippen LogP contribution in [0.5, 0.6) is 0 Å². The quantitative estimate of drug-likeness (QED) is 0.662. The topological polar surface area (TPSA) is 26.0 Å². The summed E-state index contributed by atoms with van der Waals surface area (Å²) in [5.74, 6) is 0. The van der Waals surface area contributed by atoms with Gasteiger partial charge in [-0.1, -0.05) is 41.9 Å². The van der Waals surface area contributed by atoms with Crippen molar-refractivity contribution in [3.8, 4) is 0 Å². The van der Waals surface area contributed by atoms with Gasteiger partial charge in [0, 0.05) is 22.0 Å². The van der Waals surface area contributed by atoms with Crippen LogP contribution < -0.4 is 5.73 Å². The van der Waals surface area contributed by atoms with E-state index < -0.39 is 0 Å². The summed E-state index contributed by atoms with van der Waals surface area (Å²) >= 11 is 7.82. The van der Waals surface area contributed by atoms with Crippen LogP contribution in [0.15, 0.2) is 47.4 Å². The molecule has 0 bridgehead atoms. The van der Waals surface area contributed by atoms with Gasteiger partial charge in [-0.2, -0.15) is 0 Å². The van der Waals surface area contributed by atoms with Gasteiger partial charge >= 0.3 is 0 Å². The molecular formula is C14H14ClNS. The fraction of sp³-hybridized carbons (Fsp3) is 0.143. The van der Waals surface area contributed by atoms with Gasteiger partial charge in [0.25, 0.3) is 0 Å². The Kier molecular flexibility index (Phi) is 3.97. The predicted molar refractivity (Wildman–Crippen MR) is 76.9 cm³/mol. The van der Waals surface area contributed by atoms with Crippen LogP contribution in [0.25, 0.3) is 0 Å². The first-order valence-corrected chi connectivity index (χ1v) is 6.97. The van der Waals surface area contributed by atoms with Gasteiger partial charge in [0.15, 0.2) is 0 Å². The molecule has 2 rings (SSSR count). The number of halogens is 1. The highest BCUT2D eigenvalue weighted by Gasteiger charge is 2.06. The van der Waals surface area contributed by atoms with Crippen LogP contribution in [0.4, 0.5) is 5.69 Å². The van der Waals surface area contributed by atoms with Crippen LogP contribution in [0.1, 0.15) is 11.1 Å². The van der Waals surface area contributed by atoms with Crippen LogP contribution in [0, 0.1) is 0 Å². The normalized spacial score (nSPS) is 10.5. The van der Waals surface area contributed by atoms with Crippen molar-refractivity contribution in [3.05, 3.63) is 58.6 Å². The third-order valence-electron chi connectivity index (χ3n) is 2.72. The fourth-order valence-corrected chi connectivity index (χ4v) is 2.54. The molecule has 0 heterocycles. The van der Waals surface area contributed by atoms with Gasteiger partial charge in [0.1, 0.15) is 0 Å². The third kappa shape index (κ3) is 2.76. The Morgan fingerprint density at radius 3 is 2.47 bits per heavy atom. The highest BCUT2D eigenvalue weighted by atomic mass is 35.5. The second-order valence-electron chi connectivity index (χ2n) is 3.80. The molecule has 2 aromatic rings. The zero-order chi connectivity index (χ0) is 12.3. The van der Waals surface area contributed by atoms with Crippen LogP contribution >= 0.6 is 23.4 Å². The molecule has 0 saturated carbocycles. The molecule has 0 spiro atoms. The standard InChI is InChI=1S/C14H14ClNS/c1-17-13-8-4-6-11(14(13)16)9-10-5-2-3-7-12(10)15/h2-8H,9,16H2,1H3. The lowest BCUT2D eigenvalue weighted by molar-refractivity contribution is 1.18. The monoisotopic (exact) mass is 263 g/mol. The molecule has 0 radical (unpaired) electrons. The van der Waals surface area contributed by atoms with E-state index in [0.29, 0.717) is 0 Å². The number of hydrogen-bond donors (Lipinski definition) is 1. The largest absolute Gasteiger partial charge is 0.398 e. The molecule has 88 valence electrons. The van der Waals surface area contributed by atoms with Crippen LogP contribution in [0.2, 0.25) is 5.02 Å². The molecule has 0 fully saturated rings. The lowest BCUT2D eigenvalue weighted by Gasteiger charge is -2.10. The van der Waals surface area contributed by atoms with Crippen LogP contribution in [-0.2, 0) is 6.42 Å². The van der Waals surface area contributed by atoms with Gasteiger partial charge in [-0.15, -0.1) is 11.8 Å². The maximum absolute atomic E-state index is 6.15. The molecular weight excluding hydrogens is 250 g/mol. The average molecular weight is 264 g/mol. The van der Waals surface area contributed by atoms with E-state index in [1.165, 1.54) is 0 Å². The van der Waals surface area contributed by atoms with E-state index in [0.717, 1.165) is 33.2 Å². The molecule has 3 heteroatoms. The Morgan fingerprint density at radius 2 is 1.76 bits per heavy atom. The lowest BCUT2D eigenvalue weighted by atomic mass is 10.0. The minimum Gasteiger partial charge on any atom is -0.398 e. The molecule has 0 aliphatic carbocycles.